The lowest BCUT2D eigenvalue weighted by Gasteiger charge is -2.06. The van der Waals surface area contributed by atoms with Gasteiger partial charge in [-0.2, -0.15) is 0 Å². The second kappa shape index (κ2) is 5.17. The second-order valence-electron chi connectivity index (χ2n) is 4.03. The standard InChI is InChI=1S/C14H8BrF3O/c1-7-4-10(13(18)6-11(7)16)14(19)9-3-2-8(15)5-12(9)17/h2-6H,1H3. The van der Waals surface area contributed by atoms with Crippen molar-refractivity contribution in [1.82, 2.24) is 0 Å². The first-order valence-electron chi connectivity index (χ1n) is 5.35. The maximum atomic E-state index is 13.7. The lowest BCUT2D eigenvalue weighted by molar-refractivity contribution is 0.103. The molecule has 5 heteroatoms. The van der Waals surface area contributed by atoms with Crippen LogP contribution in [0.15, 0.2) is 34.8 Å². The molecule has 2 rings (SSSR count). The van der Waals surface area contributed by atoms with Gasteiger partial charge in [0.05, 0.1) is 11.1 Å². The molecule has 98 valence electrons. The van der Waals surface area contributed by atoms with Gasteiger partial charge in [0.1, 0.15) is 17.5 Å². The summed E-state index contributed by atoms with van der Waals surface area (Å²) < 4.78 is 40.8. The number of ketones is 1. The van der Waals surface area contributed by atoms with E-state index in [4.69, 9.17) is 0 Å². The van der Waals surface area contributed by atoms with E-state index in [-0.39, 0.29) is 16.7 Å². The van der Waals surface area contributed by atoms with Crippen molar-refractivity contribution in [2.45, 2.75) is 6.92 Å². The van der Waals surface area contributed by atoms with Crippen molar-refractivity contribution in [3.63, 3.8) is 0 Å². The summed E-state index contributed by atoms with van der Waals surface area (Å²) in [6.07, 6.45) is 0. The Balaban J connectivity index is 2.53. The Morgan fingerprint density at radius 3 is 2.21 bits per heavy atom. The number of carbonyl (C=O) groups excluding carboxylic acids is 1. The Hall–Kier alpha value is -1.62. The van der Waals surface area contributed by atoms with Gasteiger partial charge in [-0.3, -0.25) is 4.79 Å². The van der Waals surface area contributed by atoms with E-state index in [1.807, 2.05) is 0 Å². The van der Waals surface area contributed by atoms with Crippen LogP contribution in [0.5, 0.6) is 0 Å². The molecule has 19 heavy (non-hydrogen) atoms. The molecule has 0 atom stereocenters. The van der Waals surface area contributed by atoms with Crippen LogP contribution in [0.4, 0.5) is 13.2 Å². The third-order valence-electron chi connectivity index (χ3n) is 2.67. The Kier molecular flexibility index (Phi) is 3.75. The van der Waals surface area contributed by atoms with Crippen LogP contribution in [-0.4, -0.2) is 5.78 Å². The number of rotatable bonds is 2. The second-order valence-corrected chi connectivity index (χ2v) is 4.95. The summed E-state index contributed by atoms with van der Waals surface area (Å²) in [5.74, 6) is -3.33. The van der Waals surface area contributed by atoms with Gasteiger partial charge in [-0.1, -0.05) is 15.9 Å². The van der Waals surface area contributed by atoms with Crippen LogP contribution in [0, 0.1) is 24.4 Å². The minimum absolute atomic E-state index is 0.127. The zero-order chi connectivity index (χ0) is 14.2. The molecule has 0 heterocycles. The summed E-state index contributed by atoms with van der Waals surface area (Å²) >= 11 is 3.06. The first-order valence-corrected chi connectivity index (χ1v) is 6.15. The van der Waals surface area contributed by atoms with E-state index >= 15 is 0 Å². The lowest BCUT2D eigenvalue weighted by Crippen LogP contribution is -2.08. The summed E-state index contributed by atoms with van der Waals surface area (Å²) in [4.78, 5) is 12.0. The van der Waals surface area contributed by atoms with E-state index in [1.54, 1.807) is 0 Å². The summed E-state index contributed by atoms with van der Waals surface area (Å²) in [5.41, 5.74) is -0.476. The van der Waals surface area contributed by atoms with Gasteiger partial charge >= 0.3 is 0 Å². The Labute approximate surface area is 116 Å². The van der Waals surface area contributed by atoms with Crippen molar-refractivity contribution in [2.75, 3.05) is 0 Å². The van der Waals surface area contributed by atoms with Crippen LogP contribution in [0.25, 0.3) is 0 Å². The van der Waals surface area contributed by atoms with Crippen LogP contribution in [0.2, 0.25) is 0 Å². The van der Waals surface area contributed by atoms with E-state index in [9.17, 15) is 18.0 Å². The van der Waals surface area contributed by atoms with Crippen LogP contribution in [0.1, 0.15) is 21.5 Å². The molecular weight excluding hydrogens is 321 g/mol. The minimum atomic E-state index is -1.00. The lowest BCUT2D eigenvalue weighted by atomic mass is 10.0. The Morgan fingerprint density at radius 1 is 0.947 bits per heavy atom. The monoisotopic (exact) mass is 328 g/mol. The van der Waals surface area contributed by atoms with Crippen LogP contribution in [0.3, 0.4) is 0 Å². The Morgan fingerprint density at radius 2 is 1.58 bits per heavy atom. The van der Waals surface area contributed by atoms with Crippen LogP contribution < -0.4 is 0 Å². The van der Waals surface area contributed by atoms with Gasteiger partial charge in [0, 0.05) is 10.5 Å². The fourth-order valence-electron chi connectivity index (χ4n) is 1.65. The number of benzene rings is 2. The molecule has 1 nitrogen and oxygen atoms in total. The topological polar surface area (TPSA) is 17.1 Å². The highest BCUT2D eigenvalue weighted by atomic mass is 79.9. The predicted octanol–water partition coefficient (Wildman–Crippen LogP) is 4.41. The maximum absolute atomic E-state index is 13.7. The first kappa shape index (κ1) is 13.8. The van der Waals surface area contributed by atoms with Crippen molar-refractivity contribution in [3.05, 3.63) is 68.9 Å². The molecule has 0 fully saturated rings. The number of carbonyl (C=O) groups is 1. The summed E-state index contributed by atoms with van der Waals surface area (Å²) in [5, 5.41) is 0. The van der Waals surface area contributed by atoms with Crippen molar-refractivity contribution < 1.29 is 18.0 Å². The predicted molar refractivity (Wildman–Crippen MR) is 68.6 cm³/mol. The van der Waals surface area contributed by atoms with Crippen molar-refractivity contribution in [2.24, 2.45) is 0 Å². The normalized spacial score (nSPS) is 10.6. The van der Waals surface area contributed by atoms with Crippen molar-refractivity contribution >= 4 is 21.7 Å². The van der Waals surface area contributed by atoms with E-state index in [1.165, 1.54) is 19.1 Å². The molecule has 0 spiro atoms. The summed E-state index contributed by atoms with van der Waals surface area (Å²) in [6.45, 7) is 1.41. The molecule has 0 aromatic heterocycles. The van der Waals surface area contributed by atoms with Gasteiger partial charge in [0.15, 0.2) is 5.78 Å². The van der Waals surface area contributed by atoms with Crippen molar-refractivity contribution in [1.29, 1.82) is 0 Å². The van der Waals surface area contributed by atoms with Crippen molar-refractivity contribution in [3.8, 4) is 0 Å². The number of hydrogen-bond donors (Lipinski definition) is 0. The zero-order valence-electron chi connectivity index (χ0n) is 9.81. The van der Waals surface area contributed by atoms with Gasteiger partial charge < -0.3 is 0 Å². The molecule has 0 bridgehead atoms. The van der Waals surface area contributed by atoms with Crippen LogP contribution in [-0.2, 0) is 0 Å². The summed E-state index contributed by atoms with van der Waals surface area (Å²) in [7, 11) is 0. The molecule has 0 aliphatic heterocycles. The number of hydrogen-bond acceptors (Lipinski definition) is 1. The Bertz CT molecular complexity index is 668. The third-order valence-corrected chi connectivity index (χ3v) is 3.16. The van der Waals surface area contributed by atoms with E-state index in [2.05, 4.69) is 15.9 Å². The highest BCUT2D eigenvalue weighted by molar-refractivity contribution is 9.10. The molecular formula is C14H8BrF3O. The van der Waals surface area contributed by atoms with Gasteiger partial charge in [-0.15, -0.1) is 0 Å². The molecule has 0 aliphatic rings. The molecule has 0 unspecified atom stereocenters. The average molecular weight is 329 g/mol. The highest BCUT2D eigenvalue weighted by Gasteiger charge is 2.19. The fourth-order valence-corrected chi connectivity index (χ4v) is 1.98. The molecule has 0 amide bonds. The quantitative estimate of drug-likeness (QED) is 0.746. The molecule has 0 saturated heterocycles. The van der Waals surface area contributed by atoms with E-state index in [0.717, 1.165) is 12.1 Å². The van der Waals surface area contributed by atoms with Crippen LogP contribution >= 0.6 is 15.9 Å². The number of halogens is 4. The average Bonchev–Trinajstić information content (AvgIpc) is 2.33. The van der Waals surface area contributed by atoms with Gasteiger partial charge in [-0.25, -0.2) is 13.2 Å². The molecule has 0 saturated carbocycles. The minimum Gasteiger partial charge on any atom is -0.288 e. The fraction of sp³-hybridized carbons (Fsp3) is 0.0714. The van der Waals surface area contributed by atoms with E-state index in [0.29, 0.717) is 10.5 Å². The van der Waals surface area contributed by atoms with Gasteiger partial charge in [0.25, 0.3) is 0 Å². The molecule has 0 N–H and O–H groups in total. The molecule has 0 aliphatic carbocycles. The highest BCUT2D eigenvalue weighted by Crippen LogP contribution is 2.21. The largest absolute Gasteiger partial charge is 0.288 e. The molecule has 0 radical (unpaired) electrons. The summed E-state index contributed by atoms with van der Waals surface area (Å²) in [6, 6.07) is 5.54. The van der Waals surface area contributed by atoms with Gasteiger partial charge in [0.2, 0.25) is 0 Å². The SMILES string of the molecule is Cc1cc(C(=O)c2ccc(Br)cc2F)c(F)cc1F. The third kappa shape index (κ3) is 2.71. The smallest absolute Gasteiger partial charge is 0.198 e. The number of aryl methyl sites for hydroxylation is 1. The first-order chi connectivity index (χ1) is 8.90. The van der Waals surface area contributed by atoms with E-state index < -0.39 is 23.2 Å². The molecule has 2 aromatic carbocycles. The van der Waals surface area contributed by atoms with Gasteiger partial charge in [-0.05, 0) is 36.8 Å². The zero-order valence-corrected chi connectivity index (χ0v) is 11.4. The molecule has 2 aromatic rings. The maximum Gasteiger partial charge on any atom is 0.198 e.